The Kier molecular flexibility index (Phi) is 6.01. The first-order chi connectivity index (χ1) is 11.3. The fourth-order valence-corrected chi connectivity index (χ4v) is 3.33. The maximum atomic E-state index is 12.2. The zero-order valence-corrected chi connectivity index (χ0v) is 14.8. The van der Waals surface area contributed by atoms with Crippen molar-refractivity contribution in [2.24, 2.45) is 0 Å². The summed E-state index contributed by atoms with van der Waals surface area (Å²) in [7, 11) is -3.60. The van der Waals surface area contributed by atoms with Gasteiger partial charge in [-0.15, -0.1) is 6.58 Å². The summed E-state index contributed by atoms with van der Waals surface area (Å²) in [5, 5.41) is 3.30. The zero-order chi connectivity index (χ0) is 17.7. The molecule has 0 unspecified atom stereocenters. The molecule has 8 heteroatoms. The van der Waals surface area contributed by atoms with Gasteiger partial charge in [0.2, 0.25) is 10.0 Å². The number of nitrogens with one attached hydrogen (secondary N) is 2. The summed E-state index contributed by atoms with van der Waals surface area (Å²) >= 11 is 11.8. The minimum Gasteiger partial charge on any atom is -0.322 e. The Balaban J connectivity index is 2.14. The van der Waals surface area contributed by atoms with Crippen LogP contribution in [0.1, 0.15) is 10.4 Å². The SMILES string of the molecule is C=CCNS(=O)(=O)c1ccc(NC(=O)c2ccc(Cl)cc2Cl)cc1. The van der Waals surface area contributed by atoms with Crippen molar-refractivity contribution >= 4 is 44.8 Å². The topological polar surface area (TPSA) is 75.3 Å². The predicted molar refractivity (Wildman–Crippen MR) is 96.2 cm³/mol. The minimum atomic E-state index is -3.60. The molecule has 0 heterocycles. The molecule has 0 bridgehead atoms. The lowest BCUT2D eigenvalue weighted by Crippen LogP contribution is -2.23. The number of sulfonamides is 1. The van der Waals surface area contributed by atoms with Gasteiger partial charge in [-0.1, -0.05) is 29.3 Å². The molecule has 0 aliphatic rings. The lowest BCUT2D eigenvalue weighted by atomic mass is 10.2. The highest BCUT2D eigenvalue weighted by Gasteiger charge is 2.14. The number of halogens is 2. The largest absolute Gasteiger partial charge is 0.322 e. The van der Waals surface area contributed by atoms with E-state index in [9.17, 15) is 13.2 Å². The second-order valence-electron chi connectivity index (χ2n) is 4.74. The van der Waals surface area contributed by atoms with E-state index in [1.165, 1.54) is 42.5 Å². The Morgan fingerprint density at radius 1 is 1.12 bits per heavy atom. The molecule has 1 amide bonds. The average molecular weight is 385 g/mol. The smallest absolute Gasteiger partial charge is 0.257 e. The van der Waals surface area contributed by atoms with E-state index in [4.69, 9.17) is 23.2 Å². The molecule has 0 spiro atoms. The van der Waals surface area contributed by atoms with Crippen LogP contribution in [0, 0.1) is 0 Å². The van der Waals surface area contributed by atoms with Crippen molar-refractivity contribution in [2.75, 3.05) is 11.9 Å². The number of amides is 1. The van der Waals surface area contributed by atoms with E-state index in [2.05, 4.69) is 16.6 Å². The molecule has 0 fully saturated rings. The van der Waals surface area contributed by atoms with Crippen LogP contribution in [-0.2, 0) is 10.0 Å². The Hall–Kier alpha value is -1.86. The van der Waals surface area contributed by atoms with Gasteiger partial charge in [-0.3, -0.25) is 4.79 Å². The van der Waals surface area contributed by atoms with Gasteiger partial charge >= 0.3 is 0 Å². The molecule has 2 N–H and O–H groups in total. The van der Waals surface area contributed by atoms with Gasteiger partial charge in [0, 0.05) is 17.3 Å². The van der Waals surface area contributed by atoms with Crippen LogP contribution in [0.3, 0.4) is 0 Å². The van der Waals surface area contributed by atoms with E-state index in [1.54, 1.807) is 6.07 Å². The van der Waals surface area contributed by atoms with Gasteiger partial charge in [-0.25, -0.2) is 13.1 Å². The third-order valence-electron chi connectivity index (χ3n) is 3.02. The number of anilines is 1. The molecule has 126 valence electrons. The lowest BCUT2D eigenvalue weighted by molar-refractivity contribution is 0.102. The Morgan fingerprint density at radius 3 is 2.38 bits per heavy atom. The molecule has 0 aromatic heterocycles. The third-order valence-corrected chi connectivity index (χ3v) is 5.00. The number of rotatable bonds is 6. The summed E-state index contributed by atoms with van der Waals surface area (Å²) in [4.78, 5) is 12.3. The average Bonchev–Trinajstić information content (AvgIpc) is 2.53. The van der Waals surface area contributed by atoms with Crippen LogP contribution in [0.5, 0.6) is 0 Å². The van der Waals surface area contributed by atoms with Crippen molar-refractivity contribution in [3.8, 4) is 0 Å². The van der Waals surface area contributed by atoms with Crippen molar-refractivity contribution < 1.29 is 13.2 Å². The molecule has 0 aliphatic heterocycles. The molecule has 2 aromatic carbocycles. The molecular weight excluding hydrogens is 371 g/mol. The zero-order valence-electron chi connectivity index (χ0n) is 12.4. The first-order valence-corrected chi connectivity index (χ1v) is 9.04. The lowest BCUT2D eigenvalue weighted by Gasteiger charge is -2.09. The first-order valence-electron chi connectivity index (χ1n) is 6.80. The van der Waals surface area contributed by atoms with E-state index >= 15 is 0 Å². The summed E-state index contributed by atoms with van der Waals surface area (Å²) in [6, 6.07) is 10.3. The highest BCUT2D eigenvalue weighted by Crippen LogP contribution is 2.22. The standard InChI is InChI=1S/C16H14Cl2N2O3S/c1-2-9-19-24(22,23)13-6-4-12(5-7-13)20-16(21)14-8-3-11(17)10-15(14)18/h2-8,10,19H,1,9H2,(H,20,21). The van der Waals surface area contributed by atoms with Crippen molar-refractivity contribution in [3.63, 3.8) is 0 Å². The summed E-state index contributed by atoms with van der Waals surface area (Å²) in [5.41, 5.74) is 0.708. The van der Waals surface area contributed by atoms with Crippen molar-refractivity contribution in [1.82, 2.24) is 4.72 Å². The minimum absolute atomic E-state index is 0.0897. The maximum Gasteiger partial charge on any atom is 0.257 e. The molecular formula is C16H14Cl2N2O3S. The van der Waals surface area contributed by atoms with Crippen LogP contribution in [0.4, 0.5) is 5.69 Å². The molecule has 0 atom stereocenters. The van der Waals surface area contributed by atoms with E-state index < -0.39 is 15.9 Å². The molecule has 24 heavy (non-hydrogen) atoms. The summed E-state index contributed by atoms with van der Waals surface area (Å²) in [6.45, 7) is 3.59. The van der Waals surface area contributed by atoms with Gasteiger partial charge < -0.3 is 5.32 Å². The van der Waals surface area contributed by atoms with Crippen LogP contribution in [0.25, 0.3) is 0 Å². The van der Waals surface area contributed by atoms with Gasteiger partial charge in [0.25, 0.3) is 5.91 Å². The number of hydrogen-bond acceptors (Lipinski definition) is 3. The van der Waals surface area contributed by atoms with Crippen molar-refractivity contribution in [3.05, 3.63) is 70.7 Å². The normalized spacial score (nSPS) is 11.1. The summed E-state index contributed by atoms with van der Waals surface area (Å²) < 4.78 is 26.3. The van der Waals surface area contributed by atoms with Crippen molar-refractivity contribution in [2.45, 2.75) is 4.90 Å². The molecule has 5 nitrogen and oxygen atoms in total. The highest BCUT2D eigenvalue weighted by molar-refractivity contribution is 7.89. The van der Waals surface area contributed by atoms with Crippen LogP contribution in [0.2, 0.25) is 10.0 Å². The van der Waals surface area contributed by atoms with Crippen LogP contribution in [-0.4, -0.2) is 20.9 Å². The summed E-state index contributed by atoms with van der Waals surface area (Å²) in [5.74, 6) is -0.419. The number of carbonyl (C=O) groups excluding carboxylic acids is 1. The fraction of sp³-hybridized carbons (Fsp3) is 0.0625. The molecule has 2 rings (SSSR count). The van der Waals surface area contributed by atoms with Gasteiger partial charge in [0.05, 0.1) is 15.5 Å². The molecule has 0 saturated heterocycles. The second-order valence-corrected chi connectivity index (χ2v) is 7.35. The van der Waals surface area contributed by atoms with Gasteiger partial charge in [0.15, 0.2) is 0 Å². The summed E-state index contributed by atoms with van der Waals surface area (Å²) in [6.07, 6.45) is 1.45. The quantitative estimate of drug-likeness (QED) is 0.745. The molecule has 2 aromatic rings. The van der Waals surface area contributed by atoms with E-state index in [1.807, 2.05) is 0 Å². The fourth-order valence-electron chi connectivity index (χ4n) is 1.84. The van der Waals surface area contributed by atoms with Crippen LogP contribution >= 0.6 is 23.2 Å². The number of hydrogen-bond donors (Lipinski definition) is 2. The Labute approximate surface area is 150 Å². The maximum absolute atomic E-state index is 12.2. The van der Waals surface area contributed by atoms with E-state index in [-0.39, 0.29) is 22.0 Å². The van der Waals surface area contributed by atoms with Crippen LogP contribution < -0.4 is 10.0 Å². The number of carbonyl (C=O) groups is 1. The first kappa shape index (κ1) is 18.5. The monoisotopic (exact) mass is 384 g/mol. The molecule has 0 radical (unpaired) electrons. The Bertz CT molecular complexity index is 865. The Morgan fingerprint density at radius 2 is 1.79 bits per heavy atom. The van der Waals surface area contributed by atoms with Gasteiger partial charge in [-0.05, 0) is 42.5 Å². The van der Waals surface area contributed by atoms with Crippen LogP contribution in [0.15, 0.2) is 60.0 Å². The van der Waals surface area contributed by atoms with Gasteiger partial charge in [-0.2, -0.15) is 0 Å². The van der Waals surface area contributed by atoms with Crippen molar-refractivity contribution in [1.29, 1.82) is 0 Å². The predicted octanol–water partition coefficient (Wildman–Crippen LogP) is 3.71. The van der Waals surface area contributed by atoms with E-state index in [0.29, 0.717) is 10.7 Å². The van der Waals surface area contributed by atoms with Gasteiger partial charge in [0.1, 0.15) is 0 Å². The second kappa shape index (κ2) is 7.81. The highest BCUT2D eigenvalue weighted by atomic mass is 35.5. The molecule has 0 aliphatic carbocycles. The third kappa shape index (κ3) is 4.58. The molecule has 0 saturated carbocycles. The van der Waals surface area contributed by atoms with E-state index in [0.717, 1.165) is 0 Å². The number of benzene rings is 2.